The maximum Gasteiger partial charge on any atom is 0.187 e. The zero-order valence-electron chi connectivity index (χ0n) is 13.1. The summed E-state index contributed by atoms with van der Waals surface area (Å²) in [6, 6.07) is 12.4. The topological polar surface area (TPSA) is 56.5 Å². The van der Waals surface area contributed by atoms with Crippen LogP contribution < -0.4 is 0 Å². The summed E-state index contributed by atoms with van der Waals surface area (Å²) < 4.78 is 2.99. The second-order valence-electron chi connectivity index (χ2n) is 5.57. The Hall–Kier alpha value is -2.60. The summed E-state index contributed by atoms with van der Waals surface area (Å²) in [5.41, 5.74) is 5.27. The van der Waals surface area contributed by atoms with Gasteiger partial charge in [-0.05, 0) is 60.5 Å². The van der Waals surface area contributed by atoms with Crippen LogP contribution in [0.4, 0.5) is 0 Å². The van der Waals surface area contributed by atoms with E-state index in [0.29, 0.717) is 0 Å². The molecule has 114 valence electrons. The molecule has 6 heteroatoms. The van der Waals surface area contributed by atoms with Crippen molar-refractivity contribution in [1.29, 1.82) is 0 Å². The summed E-state index contributed by atoms with van der Waals surface area (Å²) in [5.74, 6) is 0.731. The molecule has 0 spiro atoms. The quantitative estimate of drug-likeness (QED) is 0.562. The zero-order valence-corrected chi connectivity index (χ0v) is 13.9. The van der Waals surface area contributed by atoms with E-state index in [9.17, 15) is 0 Å². The highest BCUT2D eigenvalue weighted by Crippen LogP contribution is 2.28. The molecule has 2 heterocycles. The van der Waals surface area contributed by atoms with E-state index in [1.165, 1.54) is 4.70 Å². The van der Waals surface area contributed by atoms with E-state index in [2.05, 4.69) is 64.7 Å². The van der Waals surface area contributed by atoms with Gasteiger partial charge < -0.3 is 0 Å². The molecular formula is C17H15N5S. The predicted molar refractivity (Wildman–Crippen MR) is 92.0 cm³/mol. The van der Waals surface area contributed by atoms with Gasteiger partial charge in [0.05, 0.1) is 20.9 Å². The van der Waals surface area contributed by atoms with Crippen molar-refractivity contribution in [3.8, 4) is 17.1 Å². The summed E-state index contributed by atoms with van der Waals surface area (Å²) in [4.78, 5) is 4.56. The molecule has 0 N–H and O–H groups in total. The van der Waals surface area contributed by atoms with E-state index in [-0.39, 0.29) is 0 Å². The highest BCUT2D eigenvalue weighted by Gasteiger charge is 2.15. The molecule has 0 fully saturated rings. The fraction of sp³-hybridized carbons (Fsp3) is 0.176. The van der Waals surface area contributed by atoms with Crippen molar-refractivity contribution < 1.29 is 0 Å². The maximum absolute atomic E-state index is 4.56. The fourth-order valence-corrected chi connectivity index (χ4v) is 3.65. The first kappa shape index (κ1) is 14.0. The summed E-state index contributed by atoms with van der Waals surface area (Å²) in [6.45, 7) is 6.16. The molecule has 0 amide bonds. The normalized spacial score (nSPS) is 11.3. The highest BCUT2D eigenvalue weighted by molar-refractivity contribution is 7.18. The van der Waals surface area contributed by atoms with Crippen molar-refractivity contribution in [2.45, 2.75) is 20.8 Å². The average molecular weight is 321 g/mol. The van der Waals surface area contributed by atoms with E-state index >= 15 is 0 Å². The molecule has 0 atom stereocenters. The Labute approximate surface area is 137 Å². The van der Waals surface area contributed by atoms with Crippen LogP contribution in [0, 0.1) is 20.8 Å². The second-order valence-corrected chi connectivity index (χ2v) is 6.80. The Morgan fingerprint density at radius 3 is 2.57 bits per heavy atom. The molecule has 5 nitrogen and oxygen atoms in total. The first-order valence-corrected chi connectivity index (χ1v) is 8.17. The average Bonchev–Trinajstić information content (AvgIpc) is 3.11. The Balaban J connectivity index is 1.91. The van der Waals surface area contributed by atoms with Gasteiger partial charge in [0.25, 0.3) is 0 Å². The largest absolute Gasteiger partial charge is 0.241 e. The molecule has 0 saturated heterocycles. The minimum atomic E-state index is 0.731. The van der Waals surface area contributed by atoms with Gasteiger partial charge >= 0.3 is 0 Å². The van der Waals surface area contributed by atoms with Gasteiger partial charge in [-0.1, -0.05) is 18.2 Å². The van der Waals surface area contributed by atoms with Gasteiger partial charge in [-0.2, -0.15) is 4.68 Å². The molecule has 0 saturated carbocycles. The van der Waals surface area contributed by atoms with Crippen LogP contribution in [0.3, 0.4) is 0 Å². The standard InChI is InChI=1S/C17H15N5S/c1-10-5-4-6-11(2)16(10)22-17(19-20-21-22)13-7-8-15-14(9-13)18-12(3)23-15/h4-9H,1-3H3. The number of fused-ring (bicyclic) bond motifs is 1. The van der Waals surface area contributed by atoms with Gasteiger partial charge in [0.15, 0.2) is 5.82 Å². The molecule has 4 aromatic rings. The fourth-order valence-electron chi connectivity index (χ4n) is 2.84. The molecule has 0 aliphatic heterocycles. The lowest BCUT2D eigenvalue weighted by molar-refractivity contribution is 0.783. The van der Waals surface area contributed by atoms with E-state index in [0.717, 1.165) is 38.7 Å². The summed E-state index contributed by atoms with van der Waals surface area (Å²) in [6.07, 6.45) is 0. The van der Waals surface area contributed by atoms with Crippen LogP contribution in [0.2, 0.25) is 0 Å². The SMILES string of the molecule is Cc1nc2cc(-c3nnnn3-c3c(C)cccc3C)ccc2s1. The Bertz CT molecular complexity index is 995. The molecule has 0 radical (unpaired) electrons. The Morgan fingerprint density at radius 1 is 1.00 bits per heavy atom. The molecule has 4 rings (SSSR count). The molecule has 23 heavy (non-hydrogen) atoms. The lowest BCUT2D eigenvalue weighted by Crippen LogP contribution is -2.04. The Kier molecular flexibility index (Phi) is 3.20. The van der Waals surface area contributed by atoms with Gasteiger partial charge in [0.1, 0.15) is 0 Å². The smallest absolute Gasteiger partial charge is 0.187 e. The summed E-state index contributed by atoms with van der Waals surface area (Å²) in [7, 11) is 0. The van der Waals surface area contributed by atoms with Gasteiger partial charge in [-0.15, -0.1) is 16.4 Å². The number of hydrogen-bond acceptors (Lipinski definition) is 5. The lowest BCUT2D eigenvalue weighted by Gasteiger charge is -2.10. The molecular weight excluding hydrogens is 306 g/mol. The van der Waals surface area contributed by atoms with E-state index in [1.807, 2.05) is 17.7 Å². The lowest BCUT2D eigenvalue weighted by atomic mass is 10.1. The summed E-state index contributed by atoms with van der Waals surface area (Å²) in [5, 5.41) is 13.4. The van der Waals surface area contributed by atoms with Crippen LogP contribution in [0.5, 0.6) is 0 Å². The van der Waals surface area contributed by atoms with E-state index < -0.39 is 0 Å². The second kappa shape index (κ2) is 5.24. The van der Waals surface area contributed by atoms with Crippen LogP contribution >= 0.6 is 11.3 Å². The summed E-state index contributed by atoms with van der Waals surface area (Å²) >= 11 is 1.69. The van der Waals surface area contributed by atoms with Gasteiger partial charge in [-0.25, -0.2) is 4.98 Å². The zero-order chi connectivity index (χ0) is 16.0. The Morgan fingerprint density at radius 2 is 1.78 bits per heavy atom. The minimum Gasteiger partial charge on any atom is -0.241 e. The van der Waals surface area contributed by atoms with Crippen LogP contribution in [0.1, 0.15) is 16.1 Å². The van der Waals surface area contributed by atoms with Gasteiger partial charge in [0.2, 0.25) is 0 Å². The number of benzene rings is 2. The first-order chi connectivity index (χ1) is 11.1. The number of aromatic nitrogens is 5. The predicted octanol–water partition coefficient (Wildman–Crippen LogP) is 3.86. The highest BCUT2D eigenvalue weighted by atomic mass is 32.1. The van der Waals surface area contributed by atoms with Gasteiger partial charge in [-0.3, -0.25) is 0 Å². The number of hydrogen-bond donors (Lipinski definition) is 0. The number of nitrogens with zero attached hydrogens (tertiary/aromatic N) is 5. The molecule has 0 bridgehead atoms. The molecule has 2 aromatic heterocycles. The van der Waals surface area contributed by atoms with Crippen molar-refractivity contribution in [2.75, 3.05) is 0 Å². The van der Waals surface area contributed by atoms with Crippen LogP contribution in [0.25, 0.3) is 27.3 Å². The molecule has 0 unspecified atom stereocenters. The number of thiazole rings is 1. The number of rotatable bonds is 2. The number of para-hydroxylation sites is 1. The monoisotopic (exact) mass is 321 g/mol. The number of tetrazole rings is 1. The van der Waals surface area contributed by atoms with Crippen LogP contribution in [-0.2, 0) is 0 Å². The third-order valence-electron chi connectivity index (χ3n) is 3.87. The minimum absolute atomic E-state index is 0.731. The molecule has 2 aromatic carbocycles. The maximum atomic E-state index is 4.56. The van der Waals surface area contributed by atoms with Crippen molar-refractivity contribution >= 4 is 21.6 Å². The third-order valence-corrected chi connectivity index (χ3v) is 4.83. The van der Waals surface area contributed by atoms with Crippen molar-refractivity contribution in [3.63, 3.8) is 0 Å². The van der Waals surface area contributed by atoms with E-state index in [4.69, 9.17) is 0 Å². The third kappa shape index (κ3) is 2.31. The van der Waals surface area contributed by atoms with Crippen molar-refractivity contribution in [3.05, 3.63) is 52.5 Å². The molecule has 0 aliphatic rings. The number of aryl methyl sites for hydroxylation is 3. The van der Waals surface area contributed by atoms with Crippen LogP contribution in [0.15, 0.2) is 36.4 Å². The molecule has 0 aliphatic carbocycles. The van der Waals surface area contributed by atoms with Crippen LogP contribution in [-0.4, -0.2) is 25.2 Å². The van der Waals surface area contributed by atoms with Crippen molar-refractivity contribution in [2.24, 2.45) is 0 Å². The first-order valence-electron chi connectivity index (χ1n) is 7.36. The van der Waals surface area contributed by atoms with Gasteiger partial charge in [0, 0.05) is 5.56 Å². The van der Waals surface area contributed by atoms with E-state index in [1.54, 1.807) is 11.3 Å². The van der Waals surface area contributed by atoms with Crippen molar-refractivity contribution in [1.82, 2.24) is 25.2 Å².